The zero-order valence-corrected chi connectivity index (χ0v) is 18.3. The van der Waals surface area contributed by atoms with Crippen molar-refractivity contribution in [3.8, 4) is 0 Å². The van der Waals surface area contributed by atoms with Crippen LogP contribution in [0.3, 0.4) is 0 Å². The zero-order chi connectivity index (χ0) is 21.4. The molecule has 0 unspecified atom stereocenters. The van der Waals surface area contributed by atoms with Gasteiger partial charge in [0, 0.05) is 0 Å². The molecule has 0 aromatic heterocycles. The fourth-order valence-corrected chi connectivity index (χ4v) is 2.18. The summed E-state index contributed by atoms with van der Waals surface area (Å²) in [6.07, 6.45) is 0. The largest absolute Gasteiger partial charge is 0.468 e. The van der Waals surface area contributed by atoms with E-state index in [4.69, 9.17) is 21.7 Å². The third-order valence-corrected chi connectivity index (χ3v) is 3.55. The number of thiocarbonyl (C=S) groups is 1. The maximum Gasteiger partial charge on any atom is 0.325 e. The molecule has 1 N–H and O–H groups in total. The van der Waals surface area contributed by atoms with Crippen LogP contribution in [-0.2, 0) is 28.6 Å². The summed E-state index contributed by atoms with van der Waals surface area (Å²) in [4.78, 5) is 37.5. The molecule has 0 aromatic rings. The SMILES string of the molecule is COC(=O)CNC(=S)[C@H](C)N(CC(=O)OC(C)(C)C)CC(=O)OC(C)(C)C. The second kappa shape index (κ2) is 10.6. The molecular weight excluding hydrogens is 372 g/mol. The number of hydrogen-bond donors (Lipinski definition) is 1. The average Bonchev–Trinajstić information content (AvgIpc) is 2.46. The quantitative estimate of drug-likeness (QED) is 0.366. The molecule has 0 saturated carbocycles. The van der Waals surface area contributed by atoms with Gasteiger partial charge in [0.05, 0.1) is 31.2 Å². The molecule has 0 bridgehead atoms. The average molecular weight is 405 g/mol. The van der Waals surface area contributed by atoms with Gasteiger partial charge < -0.3 is 19.5 Å². The highest BCUT2D eigenvalue weighted by molar-refractivity contribution is 7.80. The van der Waals surface area contributed by atoms with Gasteiger partial charge in [0.25, 0.3) is 0 Å². The van der Waals surface area contributed by atoms with Crippen molar-refractivity contribution in [1.82, 2.24) is 10.2 Å². The molecule has 1 atom stereocenters. The van der Waals surface area contributed by atoms with Gasteiger partial charge in [-0.3, -0.25) is 19.3 Å². The third-order valence-electron chi connectivity index (χ3n) is 3.07. The topological polar surface area (TPSA) is 94.2 Å². The van der Waals surface area contributed by atoms with E-state index in [1.165, 1.54) is 12.0 Å². The van der Waals surface area contributed by atoms with Crippen LogP contribution >= 0.6 is 12.2 Å². The van der Waals surface area contributed by atoms with Crippen molar-refractivity contribution < 1.29 is 28.6 Å². The minimum absolute atomic E-state index is 0.105. The molecule has 27 heavy (non-hydrogen) atoms. The molecule has 0 aliphatic heterocycles. The number of ether oxygens (including phenoxy) is 3. The maximum absolute atomic E-state index is 12.2. The number of methoxy groups -OCH3 is 1. The van der Waals surface area contributed by atoms with Crippen LogP contribution < -0.4 is 5.32 Å². The summed E-state index contributed by atoms with van der Waals surface area (Å²) in [5.41, 5.74) is -1.30. The molecule has 156 valence electrons. The molecule has 0 aromatic carbocycles. The highest BCUT2D eigenvalue weighted by Crippen LogP contribution is 2.11. The van der Waals surface area contributed by atoms with Gasteiger partial charge in [-0.1, -0.05) is 12.2 Å². The molecule has 0 rings (SSSR count). The molecule has 0 heterocycles. The predicted octanol–water partition coefficient (Wildman–Crippen LogP) is 1.45. The highest BCUT2D eigenvalue weighted by Gasteiger charge is 2.28. The first-order chi connectivity index (χ1) is 12.1. The lowest BCUT2D eigenvalue weighted by molar-refractivity contribution is -0.160. The molecule has 0 aliphatic rings. The van der Waals surface area contributed by atoms with Gasteiger partial charge in [0.2, 0.25) is 0 Å². The van der Waals surface area contributed by atoms with E-state index in [1.54, 1.807) is 48.5 Å². The minimum atomic E-state index is -0.651. The normalized spacial score (nSPS) is 12.9. The third kappa shape index (κ3) is 12.3. The summed E-state index contributed by atoms with van der Waals surface area (Å²) in [5, 5.41) is 2.77. The van der Waals surface area contributed by atoms with E-state index in [2.05, 4.69) is 10.1 Å². The molecule has 0 aliphatic carbocycles. The van der Waals surface area contributed by atoms with Crippen LogP contribution in [0.4, 0.5) is 0 Å². The predicted molar refractivity (Wildman–Crippen MR) is 105 cm³/mol. The number of nitrogens with zero attached hydrogens (tertiary/aromatic N) is 1. The van der Waals surface area contributed by atoms with Gasteiger partial charge in [-0.15, -0.1) is 0 Å². The van der Waals surface area contributed by atoms with Gasteiger partial charge in [0.15, 0.2) is 0 Å². The second-order valence-electron chi connectivity index (χ2n) is 8.05. The van der Waals surface area contributed by atoms with Gasteiger partial charge in [-0.25, -0.2) is 0 Å². The smallest absolute Gasteiger partial charge is 0.325 e. The Kier molecular flexibility index (Phi) is 9.88. The van der Waals surface area contributed by atoms with Crippen LogP contribution in [0.15, 0.2) is 0 Å². The van der Waals surface area contributed by atoms with Crippen LogP contribution in [-0.4, -0.2) is 71.8 Å². The summed E-state index contributed by atoms with van der Waals surface area (Å²) in [6.45, 7) is 11.9. The first kappa shape index (κ1) is 25.3. The fraction of sp³-hybridized carbons (Fsp3) is 0.778. The lowest BCUT2D eigenvalue weighted by Gasteiger charge is -2.30. The zero-order valence-electron chi connectivity index (χ0n) is 17.5. The highest BCUT2D eigenvalue weighted by atomic mass is 32.1. The Balaban J connectivity index is 5.14. The van der Waals surface area contributed by atoms with Crippen LogP contribution in [0, 0.1) is 0 Å². The van der Waals surface area contributed by atoms with E-state index >= 15 is 0 Å². The molecule has 0 saturated heterocycles. The van der Waals surface area contributed by atoms with Gasteiger partial charge >= 0.3 is 17.9 Å². The number of esters is 3. The number of carbonyl (C=O) groups excluding carboxylic acids is 3. The lowest BCUT2D eigenvalue weighted by Crippen LogP contribution is -2.50. The Bertz CT molecular complexity index is 521. The van der Waals surface area contributed by atoms with E-state index < -0.39 is 35.2 Å². The van der Waals surface area contributed by atoms with E-state index in [0.29, 0.717) is 4.99 Å². The summed E-state index contributed by atoms with van der Waals surface area (Å²) < 4.78 is 15.2. The Hall–Kier alpha value is -1.74. The van der Waals surface area contributed by atoms with Crippen molar-refractivity contribution in [2.24, 2.45) is 0 Å². The Morgan fingerprint density at radius 2 is 1.33 bits per heavy atom. The second-order valence-corrected chi connectivity index (χ2v) is 8.49. The van der Waals surface area contributed by atoms with Gasteiger partial charge in [0.1, 0.15) is 17.7 Å². The molecule has 0 fully saturated rings. The lowest BCUT2D eigenvalue weighted by atomic mass is 10.2. The molecule has 9 heteroatoms. The molecule has 0 spiro atoms. The van der Waals surface area contributed by atoms with Crippen molar-refractivity contribution in [3.05, 3.63) is 0 Å². The van der Waals surface area contributed by atoms with Crippen molar-refractivity contribution in [2.45, 2.75) is 65.7 Å². The van der Waals surface area contributed by atoms with Gasteiger partial charge in [-0.2, -0.15) is 0 Å². The van der Waals surface area contributed by atoms with E-state index in [0.717, 1.165) is 0 Å². The van der Waals surface area contributed by atoms with Crippen LogP contribution in [0.2, 0.25) is 0 Å². The van der Waals surface area contributed by atoms with Crippen molar-refractivity contribution in [2.75, 3.05) is 26.7 Å². The number of rotatable bonds is 8. The molecule has 0 radical (unpaired) electrons. The van der Waals surface area contributed by atoms with Crippen molar-refractivity contribution in [3.63, 3.8) is 0 Å². The Morgan fingerprint density at radius 3 is 1.67 bits per heavy atom. The number of hydrogen-bond acceptors (Lipinski definition) is 8. The first-order valence-corrected chi connectivity index (χ1v) is 9.07. The van der Waals surface area contributed by atoms with Crippen molar-refractivity contribution in [1.29, 1.82) is 0 Å². The maximum atomic E-state index is 12.2. The Labute approximate surface area is 166 Å². The van der Waals surface area contributed by atoms with Crippen LogP contribution in [0.5, 0.6) is 0 Å². The van der Waals surface area contributed by atoms with Crippen LogP contribution in [0.25, 0.3) is 0 Å². The van der Waals surface area contributed by atoms with Crippen LogP contribution in [0.1, 0.15) is 48.5 Å². The number of carbonyl (C=O) groups is 3. The van der Waals surface area contributed by atoms with E-state index in [-0.39, 0.29) is 19.6 Å². The first-order valence-electron chi connectivity index (χ1n) is 8.67. The summed E-state index contributed by atoms with van der Waals surface area (Å²) in [5.74, 6) is -1.46. The summed E-state index contributed by atoms with van der Waals surface area (Å²) in [7, 11) is 1.27. The molecular formula is C18H32N2O6S. The van der Waals surface area contributed by atoms with E-state index in [1.807, 2.05) is 0 Å². The summed E-state index contributed by atoms with van der Waals surface area (Å²) in [6, 6.07) is -0.510. The molecule has 0 amide bonds. The van der Waals surface area contributed by atoms with E-state index in [9.17, 15) is 14.4 Å². The van der Waals surface area contributed by atoms with Gasteiger partial charge in [-0.05, 0) is 48.5 Å². The fourth-order valence-electron chi connectivity index (χ4n) is 1.95. The molecule has 8 nitrogen and oxygen atoms in total. The Morgan fingerprint density at radius 1 is 0.926 bits per heavy atom. The number of nitrogens with one attached hydrogen (secondary N) is 1. The summed E-state index contributed by atoms with van der Waals surface area (Å²) >= 11 is 5.28. The standard InChI is InChI=1S/C18H32N2O6S/c1-12(16(27)19-9-13(21)24-8)20(10-14(22)25-17(2,3)4)11-15(23)26-18(5,6)7/h12H,9-11H2,1-8H3,(H,19,27)/t12-/m0/s1. The minimum Gasteiger partial charge on any atom is -0.468 e. The van der Waals surface area contributed by atoms with Crippen molar-refractivity contribution >= 4 is 35.1 Å². The monoisotopic (exact) mass is 404 g/mol.